The molecule has 0 amide bonds. The summed E-state index contributed by atoms with van der Waals surface area (Å²) < 4.78 is 4.80. The molecular weight excluding hydrogens is 126 g/mol. The molecule has 0 bridgehead atoms. The predicted octanol–water partition coefficient (Wildman–Crippen LogP) is 2.31. The molecule has 0 spiro atoms. The van der Waals surface area contributed by atoms with Crippen molar-refractivity contribution >= 4 is 0 Å². The van der Waals surface area contributed by atoms with Crippen molar-refractivity contribution in [1.82, 2.24) is 4.90 Å². The van der Waals surface area contributed by atoms with Crippen molar-refractivity contribution in [1.29, 1.82) is 0 Å². The van der Waals surface area contributed by atoms with E-state index in [1.54, 1.807) is 12.5 Å². The second-order valence-corrected chi connectivity index (χ2v) is 1.54. The van der Waals surface area contributed by atoms with E-state index in [4.69, 9.17) is 4.74 Å². The molecule has 58 valence electrons. The Morgan fingerprint density at radius 3 is 2.00 bits per heavy atom. The average Bonchev–Trinajstić information content (AvgIpc) is 2.10. The van der Waals surface area contributed by atoms with Gasteiger partial charge >= 0.3 is 0 Å². The molecule has 1 aliphatic heterocycles. The van der Waals surface area contributed by atoms with Gasteiger partial charge in [-0.25, -0.2) is 0 Å². The fourth-order valence-corrected chi connectivity index (χ4v) is 0.532. The van der Waals surface area contributed by atoms with Crippen LogP contribution in [0.4, 0.5) is 0 Å². The summed E-state index contributed by atoms with van der Waals surface area (Å²) in [7, 11) is 0. The standard InChI is InChI=1S/C6H9NO.C2H6/c1-2-7-3-5-8-6-4-7;1-2/h3-6H,2H2,1H3;1-2H3. The molecule has 2 nitrogen and oxygen atoms in total. The average molecular weight is 141 g/mol. The second kappa shape index (κ2) is 6.20. The minimum Gasteiger partial charge on any atom is -0.470 e. The maximum absolute atomic E-state index is 4.80. The van der Waals surface area contributed by atoms with Gasteiger partial charge in [-0.15, -0.1) is 0 Å². The lowest BCUT2D eigenvalue weighted by Crippen LogP contribution is -2.09. The molecule has 0 unspecified atom stereocenters. The van der Waals surface area contributed by atoms with Crippen molar-refractivity contribution in [3.8, 4) is 0 Å². The van der Waals surface area contributed by atoms with Crippen LogP contribution in [-0.4, -0.2) is 11.4 Å². The molecule has 0 aliphatic carbocycles. The third kappa shape index (κ3) is 3.17. The number of rotatable bonds is 1. The Hall–Kier alpha value is -0.920. The Balaban J connectivity index is 0.000000371. The van der Waals surface area contributed by atoms with Crippen LogP contribution < -0.4 is 0 Å². The van der Waals surface area contributed by atoms with Crippen molar-refractivity contribution in [2.75, 3.05) is 6.54 Å². The molecule has 0 N–H and O–H groups in total. The molecule has 0 atom stereocenters. The van der Waals surface area contributed by atoms with Crippen molar-refractivity contribution in [3.05, 3.63) is 24.9 Å². The molecule has 0 radical (unpaired) electrons. The number of nitrogens with zero attached hydrogens (tertiary/aromatic N) is 1. The van der Waals surface area contributed by atoms with Crippen molar-refractivity contribution in [2.45, 2.75) is 20.8 Å². The Labute approximate surface area is 62.8 Å². The van der Waals surface area contributed by atoms with Gasteiger partial charge in [0.05, 0.1) is 0 Å². The largest absolute Gasteiger partial charge is 0.470 e. The van der Waals surface area contributed by atoms with Crippen LogP contribution >= 0.6 is 0 Å². The highest BCUT2D eigenvalue weighted by Gasteiger charge is 1.90. The zero-order chi connectivity index (χ0) is 7.82. The first-order valence-electron chi connectivity index (χ1n) is 3.68. The van der Waals surface area contributed by atoms with Crippen LogP contribution in [-0.2, 0) is 4.74 Å². The van der Waals surface area contributed by atoms with E-state index in [1.807, 2.05) is 31.1 Å². The maximum atomic E-state index is 4.80. The van der Waals surface area contributed by atoms with Gasteiger partial charge < -0.3 is 9.64 Å². The van der Waals surface area contributed by atoms with Crippen LogP contribution in [0.25, 0.3) is 0 Å². The van der Waals surface area contributed by atoms with E-state index in [9.17, 15) is 0 Å². The van der Waals surface area contributed by atoms with Crippen LogP contribution in [0.1, 0.15) is 20.8 Å². The minimum absolute atomic E-state index is 0.996. The topological polar surface area (TPSA) is 12.5 Å². The van der Waals surface area contributed by atoms with Gasteiger partial charge in [0, 0.05) is 18.9 Å². The smallest absolute Gasteiger partial charge is 0.106 e. The third-order valence-electron chi connectivity index (χ3n) is 1.03. The summed E-state index contributed by atoms with van der Waals surface area (Å²) in [6.07, 6.45) is 7.09. The highest BCUT2D eigenvalue weighted by atomic mass is 16.5. The van der Waals surface area contributed by atoms with E-state index in [2.05, 4.69) is 6.92 Å². The van der Waals surface area contributed by atoms with Crippen molar-refractivity contribution in [2.24, 2.45) is 0 Å². The summed E-state index contributed by atoms with van der Waals surface area (Å²) in [4.78, 5) is 2.03. The van der Waals surface area contributed by atoms with Gasteiger partial charge in [0.15, 0.2) is 0 Å². The molecular formula is C8H15NO. The summed E-state index contributed by atoms with van der Waals surface area (Å²) in [5.41, 5.74) is 0. The molecule has 0 aromatic carbocycles. The number of hydrogen-bond acceptors (Lipinski definition) is 2. The van der Waals surface area contributed by atoms with Gasteiger partial charge in [0.1, 0.15) is 12.5 Å². The molecule has 0 aromatic heterocycles. The minimum atomic E-state index is 0.996. The lowest BCUT2D eigenvalue weighted by atomic mass is 10.6. The highest BCUT2D eigenvalue weighted by molar-refractivity contribution is 4.90. The van der Waals surface area contributed by atoms with Gasteiger partial charge in [0.25, 0.3) is 0 Å². The monoisotopic (exact) mass is 141 g/mol. The van der Waals surface area contributed by atoms with Gasteiger partial charge in [0.2, 0.25) is 0 Å². The maximum Gasteiger partial charge on any atom is 0.106 e. The molecule has 0 saturated carbocycles. The summed E-state index contributed by atoms with van der Waals surface area (Å²) in [6, 6.07) is 0. The zero-order valence-corrected chi connectivity index (χ0v) is 6.87. The van der Waals surface area contributed by atoms with Gasteiger partial charge in [-0.1, -0.05) is 13.8 Å². The van der Waals surface area contributed by atoms with Gasteiger partial charge in [-0.2, -0.15) is 0 Å². The SMILES string of the molecule is CC.CCN1C=COC=C1. The van der Waals surface area contributed by atoms with E-state index < -0.39 is 0 Å². The van der Waals surface area contributed by atoms with Crippen LogP contribution in [0.5, 0.6) is 0 Å². The van der Waals surface area contributed by atoms with Crippen LogP contribution in [0, 0.1) is 0 Å². The second-order valence-electron chi connectivity index (χ2n) is 1.54. The molecule has 1 aliphatic rings. The Kier molecular flexibility index (Phi) is 5.63. The normalized spacial score (nSPS) is 13.7. The first-order valence-corrected chi connectivity index (χ1v) is 3.68. The van der Waals surface area contributed by atoms with Gasteiger partial charge in [-0.3, -0.25) is 0 Å². The predicted molar refractivity (Wildman–Crippen MR) is 43.1 cm³/mol. The van der Waals surface area contributed by atoms with Crippen molar-refractivity contribution < 1.29 is 4.74 Å². The molecule has 0 saturated heterocycles. The summed E-state index contributed by atoms with van der Waals surface area (Å²) in [5, 5.41) is 0. The number of hydrogen-bond donors (Lipinski definition) is 0. The summed E-state index contributed by atoms with van der Waals surface area (Å²) >= 11 is 0. The van der Waals surface area contributed by atoms with Gasteiger partial charge in [-0.05, 0) is 6.92 Å². The summed E-state index contributed by atoms with van der Waals surface area (Å²) in [5.74, 6) is 0. The lowest BCUT2D eigenvalue weighted by molar-refractivity contribution is 0.349. The first-order chi connectivity index (χ1) is 4.93. The zero-order valence-electron chi connectivity index (χ0n) is 6.87. The van der Waals surface area contributed by atoms with E-state index in [0.29, 0.717) is 0 Å². The van der Waals surface area contributed by atoms with E-state index in [0.717, 1.165) is 6.54 Å². The van der Waals surface area contributed by atoms with E-state index in [1.165, 1.54) is 0 Å². The quantitative estimate of drug-likeness (QED) is 0.555. The van der Waals surface area contributed by atoms with E-state index in [-0.39, 0.29) is 0 Å². The van der Waals surface area contributed by atoms with Crippen molar-refractivity contribution in [3.63, 3.8) is 0 Å². The number of ether oxygens (including phenoxy) is 1. The summed E-state index contributed by atoms with van der Waals surface area (Å²) in [6.45, 7) is 7.08. The van der Waals surface area contributed by atoms with Crippen LogP contribution in [0.15, 0.2) is 24.9 Å². The first kappa shape index (κ1) is 9.08. The Morgan fingerprint density at radius 2 is 1.70 bits per heavy atom. The Bertz CT molecular complexity index is 106. The Morgan fingerprint density at radius 1 is 1.20 bits per heavy atom. The molecule has 0 fully saturated rings. The van der Waals surface area contributed by atoms with E-state index >= 15 is 0 Å². The fourth-order valence-electron chi connectivity index (χ4n) is 0.532. The molecule has 10 heavy (non-hydrogen) atoms. The fraction of sp³-hybridized carbons (Fsp3) is 0.500. The van der Waals surface area contributed by atoms with Crippen LogP contribution in [0.2, 0.25) is 0 Å². The lowest BCUT2D eigenvalue weighted by Gasteiger charge is -2.13. The van der Waals surface area contributed by atoms with Crippen LogP contribution in [0.3, 0.4) is 0 Å². The third-order valence-corrected chi connectivity index (χ3v) is 1.03. The highest BCUT2D eigenvalue weighted by Crippen LogP contribution is 1.97. The molecule has 0 aromatic rings. The molecule has 1 heterocycles. The molecule has 2 heteroatoms. The molecule has 1 rings (SSSR count).